The number of fused-ring (bicyclic) bond motifs is 1. The van der Waals surface area contributed by atoms with Crippen LogP contribution in [0.5, 0.6) is 5.75 Å². The summed E-state index contributed by atoms with van der Waals surface area (Å²) in [6.07, 6.45) is 4.24. The van der Waals surface area contributed by atoms with Crippen LogP contribution < -0.4 is 4.74 Å². The van der Waals surface area contributed by atoms with Gasteiger partial charge in [0.15, 0.2) is 0 Å². The van der Waals surface area contributed by atoms with Crippen molar-refractivity contribution in [3.8, 4) is 11.8 Å². The molecule has 3 rings (SSSR count). The van der Waals surface area contributed by atoms with Crippen molar-refractivity contribution < 1.29 is 22.7 Å². The fourth-order valence-corrected chi connectivity index (χ4v) is 4.39. The maximum atomic E-state index is 13.2. The van der Waals surface area contributed by atoms with Gasteiger partial charge in [0.25, 0.3) is 5.91 Å². The minimum Gasteiger partial charge on any atom is -0.490 e. The van der Waals surface area contributed by atoms with Gasteiger partial charge in [-0.25, -0.2) is 0 Å². The molecular weight excluding hydrogens is 419 g/mol. The van der Waals surface area contributed by atoms with E-state index in [1.54, 1.807) is 18.4 Å². The second kappa shape index (κ2) is 10.0. The lowest BCUT2D eigenvalue weighted by molar-refractivity contribution is -0.138. The maximum absolute atomic E-state index is 13.2. The zero-order chi connectivity index (χ0) is 23.3. The van der Waals surface area contributed by atoms with Crippen LogP contribution >= 0.6 is 0 Å². The van der Waals surface area contributed by atoms with Crippen molar-refractivity contribution in [1.29, 1.82) is 5.26 Å². The van der Waals surface area contributed by atoms with E-state index in [0.29, 0.717) is 38.0 Å². The number of halogens is 3. The van der Waals surface area contributed by atoms with Crippen molar-refractivity contribution in [1.82, 2.24) is 4.90 Å². The van der Waals surface area contributed by atoms with E-state index in [-0.39, 0.29) is 29.6 Å². The van der Waals surface area contributed by atoms with E-state index in [0.717, 1.165) is 12.1 Å². The summed E-state index contributed by atoms with van der Waals surface area (Å²) in [6, 6.07) is 5.02. The van der Waals surface area contributed by atoms with Gasteiger partial charge in [-0.05, 0) is 62.3 Å². The summed E-state index contributed by atoms with van der Waals surface area (Å²) in [5.41, 5.74) is -0.980. The number of benzene rings is 1. The first-order valence-corrected chi connectivity index (χ1v) is 10.7. The Morgan fingerprint density at radius 2 is 2.00 bits per heavy atom. The van der Waals surface area contributed by atoms with Crippen molar-refractivity contribution in [3.05, 3.63) is 53.3 Å². The van der Waals surface area contributed by atoms with Gasteiger partial charge < -0.3 is 9.64 Å². The molecular formula is C24H26F3N3O2. The number of carbonyl (C=O) groups excluding carboxylic acids is 1. The highest BCUT2D eigenvalue weighted by Crippen LogP contribution is 2.41. The van der Waals surface area contributed by atoms with Crippen LogP contribution in [-0.4, -0.2) is 36.2 Å². The highest BCUT2D eigenvalue weighted by Gasteiger charge is 2.44. The van der Waals surface area contributed by atoms with Crippen LogP contribution in [-0.2, 0) is 11.0 Å². The Kier molecular flexibility index (Phi) is 7.39. The molecule has 1 aromatic rings. The molecule has 1 amide bonds. The lowest BCUT2D eigenvalue weighted by Crippen LogP contribution is -2.31. The summed E-state index contributed by atoms with van der Waals surface area (Å²) in [5.74, 6) is 0.501. The molecule has 1 aromatic carbocycles. The van der Waals surface area contributed by atoms with E-state index in [1.807, 2.05) is 30.9 Å². The van der Waals surface area contributed by atoms with E-state index in [9.17, 15) is 18.0 Å². The molecule has 2 atom stereocenters. The first-order valence-electron chi connectivity index (χ1n) is 10.7. The molecule has 32 heavy (non-hydrogen) atoms. The number of aliphatic imine (C=N–C) groups is 1. The van der Waals surface area contributed by atoms with Gasteiger partial charge in [0.05, 0.1) is 23.3 Å². The molecule has 1 aliphatic carbocycles. The number of carbonyl (C=O) groups is 1. The molecule has 1 saturated heterocycles. The molecule has 1 aliphatic heterocycles. The SMILES string of the molecule is C\C=C/C=N/C(=C/CC)C(=O)N1CC2CC(Oc3ccc(C#N)c(C(F)(F)F)c3)CC2C1. The van der Waals surface area contributed by atoms with Gasteiger partial charge in [0, 0.05) is 19.3 Å². The summed E-state index contributed by atoms with van der Waals surface area (Å²) in [6.45, 7) is 5.00. The smallest absolute Gasteiger partial charge is 0.417 e. The fraction of sp³-hybridized carbons (Fsp3) is 0.458. The number of alkyl halides is 3. The average molecular weight is 445 g/mol. The van der Waals surface area contributed by atoms with Crippen LogP contribution in [0.25, 0.3) is 0 Å². The van der Waals surface area contributed by atoms with E-state index >= 15 is 0 Å². The lowest BCUT2D eigenvalue weighted by atomic mass is 10.0. The largest absolute Gasteiger partial charge is 0.490 e. The number of allylic oxidation sites excluding steroid dienone is 3. The molecule has 0 aromatic heterocycles. The molecule has 0 N–H and O–H groups in total. The predicted molar refractivity (Wildman–Crippen MR) is 115 cm³/mol. The Labute approximate surface area is 185 Å². The molecule has 0 spiro atoms. The van der Waals surface area contributed by atoms with Crippen molar-refractivity contribution >= 4 is 12.1 Å². The fourth-order valence-electron chi connectivity index (χ4n) is 4.39. The zero-order valence-corrected chi connectivity index (χ0v) is 18.1. The number of nitriles is 1. The third kappa shape index (κ3) is 5.39. The van der Waals surface area contributed by atoms with Crippen LogP contribution in [0.4, 0.5) is 13.2 Å². The number of hydrogen-bond donors (Lipinski definition) is 0. The number of hydrogen-bond acceptors (Lipinski definition) is 4. The Morgan fingerprint density at radius 1 is 1.31 bits per heavy atom. The summed E-state index contributed by atoms with van der Waals surface area (Å²) < 4.78 is 45.4. The van der Waals surface area contributed by atoms with Crippen molar-refractivity contribution in [3.63, 3.8) is 0 Å². The van der Waals surface area contributed by atoms with Gasteiger partial charge in [0.2, 0.25) is 0 Å². The molecule has 0 radical (unpaired) electrons. The number of rotatable bonds is 6. The molecule has 1 heterocycles. The number of nitrogens with zero attached hydrogens (tertiary/aromatic N) is 3. The summed E-state index contributed by atoms with van der Waals surface area (Å²) in [5, 5.41) is 8.93. The standard InChI is InChI=1S/C24H26F3N3O2/c1-3-5-9-29-22(6-4-2)23(31)30-14-17-10-20(11-18(17)15-30)32-19-8-7-16(13-28)21(12-19)24(25,26)27/h3,5-9,12,17-18,20H,4,10-11,14-15H2,1-2H3/b5-3-,22-6+,29-9+. The van der Waals surface area contributed by atoms with Crippen molar-refractivity contribution in [2.45, 2.75) is 45.4 Å². The molecule has 2 fully saturated rings. The average Bonchev–Trinajstić information content (AvgIpc) is 3.31. The number of likely N-dealkylation sites (tertiary alicyclic amines) is 1. The second-order valence-electron chi connectivity index (χ2n) is 8.06. The third-order valence-corrected chi connectivity index (χ3v) is 5.82. The molecule has 1 saturated carbocycles. The van der Waals surface area contributed by atoms with Gasteiger partial charge in [-0.2, -0.15) is 18.4 Å². The Morgan fingerprint density at radius 3 is 2.56 bits per heavy atom. The minimum absolute atomic E-state index is 0.0959. The minimum atomic E-state index is -4.61. The zero-order valence-electron chi connectivity index (χ0n) is 18.1. The maximum Gasteiger partial charge on any atom is 0.417 e. The summed E-state index contributed by atoms with van der Waals surface area (Å²) in [7, 11) is 0. The molecule has 2 aliphatic rings. The van der Waals surface area contributed by atoms with Crippen LogP contribution in [0, 0.1) is 23.2 Å². The van der Waals surface area contributed by atoms with Gasteiger partial charge in [-0.15, -0.1) is 0 Å². The highest BCUT2D eigenvalue weighted by molar-refractivity contribution is 5.95. The van der Waals surface area contributed by atoms with Gasteiger partial charge in [-0.1, -0.05) is 19.1 Å². The normalized spacial score (nSPS) is 23.7. The second-order valence-corrected chi connectivity index (χ2v) is 8.06. The van der Waals surface area contributed by atoms with Crippen molar-refractivity contribution in [2.75, 3.05) is 13.1 Å². The summed E-state index contributed by atoms with van der Waals surface area (Å²) >= 11 is 0. The van der Waals surface area contributed by atoms with E-state index in [2.05, 4.69) is 4.99 Å². The number of ether oxygens (including phenoxy) is 1. The van der Waals surface area contributed by atoms with Crippen LogP contribution in [0.1, 0.15) is 44.2 Å². The first kappa shape index (κ1) is 23.6. The highest BCUT2D eigenvalue weighted by atomic mass is 19.4. The van der Waals surface area contributed by atoms with Crippen LogP contribution in [0.15, 0.2) is 47.1 Å². The number of amides is 1. The lowest BCUT2D eigenvalue weighted by Gasteiger charge is -2.21. The Bertz CT molecular complexity index is 962. The quantitative estimate of drug-likeness (QED) is 0.450. The van der Waals surface area contributed by atoms with Crippen LogP contribution in [0.2, 0.25) is 0 Å². The molecule has 8 heteroatoms. The van der Waals surface area contributed by atoms with Crippen molar-refractivity contribution in [2.24, 2.45) is 16.8 Å². The summed E-state index contributed by atoms with van der Waals surface area (Å²) in [4.78, 5) is 19.0. The molecule has 5 nitrogen and oxygen atoms in total. The van der Waals surface area contributed by atoms with Gasteiger partial charge in [-0.3, -0.25) is 9.79 Å². The molecule has 0 bridgehead atoms. The first-order chi connectivity index (χ1) is 15.3. The predicted octanol–water partition coefficient (Wildman–Crippen LogP) is 5.13. The topological polar surface area (TPSA) is 65.7 Å². The van der Waals surface area contributed by atoms with E-state index in [4.69, 9.17) is 10.00 Å². The van der Waals surface area contributed by atoms with Gasteiger partial charge >= 0.3 is 6.18 Å². The van der Waals surface area contributed by atoms with E-state index in [1.165, 1.54) is 6.07 Å². The Balaban J connectivity index is 1.62. The Hall–Kier alpha value is -3.08. The third-order valence-electron chi connectivity index (χ3n) is 5.82. The van der Waals surface area contributed by atoms with E-state index < -0.39 is 17.3 Å². The monoisotopic (exact) mass is 445 g/mol. The molecule has 170 valence electrons. The van der Waals surface area contributed by atoms with Gasteiger partial charge in [0.1, 0.15) is 11.4 Å². The molecule has 2 unspecified atom stereocenters. The van der Waals surface area contributed by atoms with Crippen LogP contribution in [0.3, 0.4) is 0 Å².